The Balaban J connectivity index is 2.93. The highest BCUT2D eigenvalue weighted by molar-refractivity contribution is 9.08. The van der Waals surface area contributed by atoms with Crippen LogP contribution in [-0.2, 0) is 5.33 Å². The Labute approximate surface area is 118 Å². The molecule has 1 rings (SSSR count). The molecule has 0 saturated carbocycles. The molecule has 0 bridgehead atoms. The van der Waals surface area contributed by atoms with Crippen LogP contribution in [-0.4, -0.2) is 18.1 Å². The van der Waals surface area contributed by atoms with Gasteiger partial charge in [0.05, 0.1) is 12.5 Å². The normalized spacial score (nSPS) is 10.4. The van der Waals surface area contributed by atoms with Crippen molar-refractivity contribution >= 4 is 21.7 Å². The number of aryl methyl sites for hydroxylation is 1. The number of anilines is 1. The first-order chi connectivity index (χ1) is 8.58. The first-order valence-corrected chi connectivity index (χ1v) is 7.34. The minimum absolute atomic E-state index is 0.536. The van der Waals surface area contributed by atoms with E-state index in [1.54, 1.807) is 0 Å². The third kappa shape index (κ3) is 4.30. The van der Waals surface area contributed by atoms with Crippen LogP contribution in [0.25, 0.3) is 0 Å². The Morgan fingerprint density at radius 2 is 2.22 bits per heavy atom. The predicted molar refractivity (Wildman–Crippen MR) is 78.9 cm³/mol. The molecule has 0 saturated heterocycles. The fraction of sp³-hybridized carbons (Fsp3) is 0.571. The molecule has 0 aliphatic heterocycles. The molecule has 1 heterocycles. The molecule has 0 unspecified atom stereocenters. The first-order valence-electron chi connectivity index (χ1n) is 6.21. The summed E-state index contributed by atoms with van der Waals surface area (Å²) >= 11 is 3.44. The molecule has 98 valence electrons. The maximum Gasteiger partial charge on any atom is 0.131 e. The summed E-state index contributed by atoms with van der Waals surface area (Å²) < 4.78 is 0. The van der Waals surface area contributed by atoms with Crippen molar-refractivity contribution in [2.75, 3.05) is 18.0 Å². The number of nitrogens with zero attached hydrogens (tertiary/aromatic N) is 3. The molecule has 4 heteroatoms. The summed E-state index contributed by atoms with van der Waals surface area (Å²) in [6.45, 7) is 8.12. The highest BCUT2D eigenvalue weighted by Gasteiger charge is 2.12. The third-order valence-corrected chi connectivity index (χ3v) is 3.29. The number of hydrogen-bond donors (Lipinski definition) is 0. The van der Waals surface area contributed by atoms with E-state index in [9.17, 15) is 0 Å². The Morgan fingerprint density at radius 1 is 1.50 bits per heavy atom. The van der Waals surface area contributed by atoms with Gasteiger partial charge in [0.15, 0.2) is 0 Å². The second-order valence-electron chi connectivity index (χ2n) is 4.87. The number of halogens is 1. The van der Waals surface area contributed by atoms with Crippen LogP contribution in [0.1, 0.15) is 31.4 Å². The van der Waals surface area contributed by atoms with Gasteiger partial charge in [-0.2, -0.15) is 5.26 Å². The minimum atomic E-state index is 0.536. The van der Waals surface area contributed by atoms with Crippen molar-refractivity contribution in [2.24, 2.45) is 5.92 Å². The van der Waals surface area contributed by atoms with Crippen LogP contribution in [0.4, 0.5) is 5.82 Å². The Morgan fingerprint density at radius 3 is 2.72 bits per heavy atom. The zero-order valence-corrected chi connectivity index (χ0v) is 12.9. The molecular weight excluding hydrogens is 290 g/mol. The van der Waals surface area contributed by atoms with E-state index in [0.29, 0.717) is 12.3 Å². The van der Waals surface area contributed by atoms with Crippen LogP contribution in [0.2, 0.25) is 0 Å². The molecule has 18 heavy (non-hydrogen) atoms. The summed E-state index contributed by atoms with van der Waals surface area (Å²) in [6.07, 6.45) is 2.44. The quantitative estimate of drug-likeness (QED) is 0.753. The van der Waals surface area contributed by atoms with Gasteiger partial charge in [0.2, 0.25) is 0 Å². The molecule has 0 atom stereocenters. The van der Waals surface area contributed by atoms with Crippen molar-refractivity contribution in [3.8, 4) is 6.07 Å². The summed E-state index contributed by atoms with van der Waals surface area (Å²) in [5.74, 6) is 1.56. The first kappa shape index (κ1) is 15.0. The van der Waals surface area contributed by atoms with E-state index in [1.807, 2.05) is 6.20 Å². The molecule has 0 radical (unpaired) electrons. The Kier molecular flexibility index (Phi) is 6.14. The van der Waals surface area contributed by atoms with E-state index in [-0.39, 0.29) is 0 Å². The van der Waals surface area contributed by atoms with Gasteiger partial charge < -0.3 is 4.90 Å². The average Bonchev–Trinajstić information content (AvgIpc) is 2.34. The third-order valence-electron chi connectivity index (χ3n) is 2.64. The van der Waals surface area contributed by atoms with E-state index >= 15 is 0 Å². The minimum Gasteiger partial charge on any atom is -0.355 e. The topological polar surface area (TPSA) is 39.9 Å². The molecule has 3 nitrogen and oxygen atoms in total. The lowest BCUT2D eigenvalue weighted by Crippen LogP contribution is -2.30. The molecule has 1 aromatic heterocycles. The van der Waals surface area contributed by atoms with Crippen LogP contribution in [0, 0.1) is 24.2 Å². The summed E-state index contributed by atoms with van der Waals surface area (Å²) in [4.78, 5) is 6.75. The number of pyridine rings is 1. The Bertz CT molecular complexity index is 424. The summed E-state index contributed by atoms with van der Waals surface area (Å²) in [5, 5.41) is 9.57. The summed E-state index contributed by atoms with van der Waals surface area (Å²) in [7, 11) is 0. The van der Waals surface area contributed by atoms with Crippen molar-refractivity contribution in [2.45, 2.75) is 32.5 Å². The summed E-state index contributed by atoms with van der Waals surface area (Å²) in [6, 6.07) is 4.36. The van der Waals surface area contributed by atoms with E-state index in [0.717, 1.165) is 24.2 Å². The standard InChI is InChI=1S/C14H20BrN3/c1-11(2)10-18(6-4-5-16)14-12(3)7-13(8-15)9-17-14/h7,9,11H,4,6,8,10H2,1-3H3. The Hall–Kier alpha value is -1.08. The molecule has 1 aromatic rings. The smallest absolute Gasteiger partial charge is 0.131 e. The lowest BCUT2D eigenvalue weighted by atomic mass is 10.1. The molecular formula is C14H20BrN3. The van der Waals surface area contributed by atoms with E-state index in [1.165, 1.54) is 11.1 Å². The summed E-state index contributed by atoms with van der Waals surface area (Å²) in [5.41, 5.74) is 2.35. The molecule has 0 N–H and O–H groups in total. The fourth-order valence-electron chi connectivity index (χ4n) is 1.94. The highest BCUT2D eigenvalue weighted by atomic mass is 79.9. The van der Waals surface area contributed by atoms with Crippen LogP contribution in [0.5, 0.6) is 0 Å². The second-order valence-corrected chi connectivity index (χ2v) is 5.43. The monoisotopic (exact) mass is 309 g/mol. The van der Waals surface area contributed by atoms with Gasteiger partial charge in [-0.3, -0.25) is 0 Å². The molecule has 0 aliphatic rings. The lowest BCUT2D eigenvalue weighted by Gasteiger charge is -2.26. The molecule has 0 amide bonds. The van der Waals surface area contributed by atoms with Gasteiger partial charge in [0.25, 0.3) is 0 Å². The number of rotatable bonds is 6. The van der Waals surface area contributed by atoms with Crippen LogP contribution < -0.4 is 4.90 Å². The van der Waals surface area contributed by atoms with Crippen LogP contribution >= 0.6 is 15.9 Å². The van der Waals surface area contributed by atoms with Gasteiger partial charge in [-0.25, -0.2) is 4.98 Å². The lowest BCUT2D eigenvalue weighted by molar-refractivity contribution is 0.606. The number of hydrogen-bond acceptors (Lipinski definition) is 3. The number of alkyl halides is 1. The van der Waals surface area contributed by atoms with Crippen LogP contribution in [0.3, 0.4) is 0 Å². The van der Waals surface area contributed by atoms with Crippen molar-refractivity contribution in [3.05, 3.63) is 23.4 Å². The van der Waals surface area contributed by atoms with Crippen molar-refractivity contribution in [1.82, 2.24) is 4.98 Å². The van der Waals surface area contributed by atoms with E-state index in [2.05, 4.69) is 58.7 Å². The average molecular weight is 310 g/mol. The maximum atomic E-state index is 8.74. The van der Waals surface area contributed by atoms with Crippen molar-refractivity contribution < 1.29 is 0 Å². The second kappa shape index (κ2) is 7.38. The van der Waals surface area contributed by atoms with E-state index < -0.39 is 0 Å². The van der Waals surface area contributed by atoms with Crippen LogP contribution in [0.15, 0.2) is 12.3 Å². The molecule has 0 fully saturated rings. The van der Waals surface area contributed by atoms with Gasteiger partial charge in [-0.15, -0.1) is 0 Å². The highest BCUT2D eigenvalue weighted by Crippen LogP contribution is 2.20. The molecule has 0 aromatic carbocycles. The fourth-order valence-corrected chi connectivity index (χ4v) is 2.25. The zero-order valence-electron chi connectivity index (χ0n) is 11.3. The number of nitriles is 1. The van der Waals surface area contributed by atoms with Crippen molar-refractivity contribution in [3.63, 3.8) is 0 Å². The molecule has 0 spiro atoms. The number of aromatic nitrogens is 1. The zero-order chi connectivity index (χ0) is 13.5. The largest absolute Gasteiger partial charge is 0.355 e. The van der Waals surface area contributed by atoms with E-state index in [4.69, 9.17) is 5.26 Å². The maximum absolute atomic E-state index is 8.74. The van der Waals surface area contributed by atoms with Gasteiger partial charge >= 0.3 is 0 Å². The van der Waals surface area contributed by atoms with Gasteiger partial charge in [0.1, 0.15) is 5.82 Å². The SMILES string of the molecule is Cc1cc(CBr)cnc1N(CCC#N)CC(C)C. The molecule has 0 aliphatic carbocycles. The van der Waals surface area contributed by atoms with Gasteiger partial charge in [-0.1, -0.05) is 35.8 Å². The van der Waals surface area contributed by atoms with Gasteiger partial charge in [-0.05, 0) is 24.0 Å². The van der Waals surface area contributed by atoms with Crippen molar-refractivity contribution in [1.29, 1.82) is 5.26 Å². The predicted octanol–water partition coefficient (Wildman–Crippen LogP) is 3.66. The van der Waals surface area contributed by atoms with Gasteiger partial charge in [0, 0.05) is 24.6 Å².